The van der Waals surface area contributed by atoms with Gasteiger partial charge in [-0.2, -0.15) is 13.2 Å². The molecule has 0 spiro atoms. The fourth-order valence-electron chi connectivity index (χ4n) is 2.13. The first-order chi connectivity index (χ1) is 9.33. The summed E-state index contributed by atoms with van der Waals surface area (Å²) < 4.78 is 41.9. The zero-order valence-corrected chi connectivity index (χ0v) is 11.3. The molecule has 5 nitrogen and oxygen atoms in total. The Kier molecular flexibility index (Phi) is 6.25. The molecule has 0 bridgehead atoms. The van der Waals surface area contributed by atoms with Gasteiger partial charge in [0.05, 0.1) is 19.4 Å². The molecule has 0 aromatic rings. The molecule has 1 aliphatic heterocycles. The quantitative estimate of drug-likeness (QED) is 0.767. The zero-order chi connectivity index (χ0) is 15.2. The van der Waals surface area contributed by atoms with Gasteiger partial charge in [0.15, 0.2) is 0 Å². The number of methoxy groups -OCH3 is 1. The summed E-state index contributed by atoms with van der Waals surface area (Å²) in [6, 6.07) is 0. The molecule has 1 N–H and O–H groups in total. The lowest BCUT2D eigenvalue weighted by molar-refractivity contribution is -0.165. The van der Waals surface area contributed by atoms with E-state index in [4.69, 9.17) is 0 Å². The van der Waals surface area contributed by atoms with Gasteiger partial charge in [0.25, 0.3) is 0 Å². The molecule has 0 radical (unpaired) electrons. The van der Waals surface area contributed by atoms with Crippen molar-refractivity contribution in [1.29, 1.82) is 0 Å². The lowest BCUT2D eigenvalue weighted by Crippen LogP contribution is -2.47. The molecule has 1 amide bonds. The van der Waals surface area contributed by atoms with Crippen molar-refractivity contribution >= 4 is 11.9 Å². The second-order valence-corrected chi connectivity index (χ2v) is 4.74. The fraction of sp³-hybridized carbons (Fsp3) is 0.833. The Bertz CT molecular complexity index is 341. The summed E-state index contributed by atoms with van der Waals surface area (Å²) in [7, 11) is 1.16. The van der Waals surface area contributed by atoms with E-state index >= 15 is 0 Å². The number of esters is 1. The van der Waals surface area contributed by atoms with Gasteiger partial charge in [-0.15, -0.1) is 0 Å². The third kappa shape index (κ3) is 5.77. The number of amides is 1. The maximum atomic E-state index is 12.5. The van der Waals surface area contributed by atoms with Gasteiger partial charge in [0.1, 0.15) is 6.54 Å². The fourth-order valence-corrected chi connectivity index (χ4v) is 2.13. The van der Waals surface area contributed by atoms with Crippen LogP contribution in [0.25, 0.3) is 0 Å². The molecule has 8 heteroatoms. The van der Waals surface area contributed by atoms with Gasteiger partial charge in [-0.05, 0) is 19.4 Å². The molecule has 1 aliphatic rings. The predicted molar refractivity (Wildman–Crippen MR) is 64.9 cm³/mol. The molecular formula is C12H19F3N2O3. The van der Waals surface area contributed by atoms with E-state index in [1.54, 1.807) is 0 Å². The summed E-state index contributed by atoms with van der Waals surface area (Å²) in [6.45, 7) is -0.461. The SMILES string of the molecule is COC(=O)CCN(CC(F)(F)F)C(=O)[C@H]1CCCNC1. The van der Waals surface area contributed by atoms with Crippen molar-refractivity contribution in [3.63, 3.8) is 0 Å². The van der Waals surface area contributed by atoms with Crippen molar-refractivity contribution in [2.45, 2.75) is 25.4 Å². The minimum absolute atomic E-state index is 0.238. The molecular weight excluding hydrogens is 277 g/mol. The van der Waals surface area contributed by atoms with Crippen LogP contribution < -0.4 is 5.32 Å². The highest BCUT2D eigenvalue weighted by Gasteiger charge is 2.35. The number of hydrogen-bond acceptors (Lipinski definition) is 4. The van der Waals surface area contributed by atoms with Crippen molar-refractivity contribution in [3.8, 4) is 0 Å². The predicted octanol–water partition coefficient (Wildman–Crippen LogP) is 0.940. The first-order valence-corrected chi connectivity index (χ1v) is 6.46. The lowest BCUT2D eigenvalue weighted by Gasteiger charge is -2.30. The largest absolute Gasteiger partial charge is 0.469 e. The van der Waals surface area contributed by atoms with Gasteiger partial charge in [-0.3, -0.25) is 9.59 Å². The minimum Gasteiger partial charge on any atom is -0.469 e. The van der Waals surface area contributed by atoms with Crippen LogP contribution in [0.2, 0.25) is 0 Å². The van der Waals surface area contributed by atoms with Crippen molar-refractivity contribution in [3.05, 3.63) is 0 Å². The number of rotatable bonds is 5. The number of carbonyl (C=O) groups excluding carboxylic acids is 2. The van der Waals surface area contributed by atoms with E-state index in [-0.39, 0.29) is 13.0 Å². The molecule has 1 rings (SSSR count). The van der Waals surface area contributed by atoms with E-state index in [9.17, 15) is 22.8 Å². The normalized spacial score (nSPS) is 19.5. The number of ether oxygens (including phenoxy) is 1. The first kappa shape index (κ1) is 16.7. The van der Waals surface area contributed by atoms with Crippen LogP contribution in [0.15, 0.2) is 0 Å². The highest BCUT2D eigenvalue weighted by molar-refractivity contribution is 5.80. The van der Waals surface area contributed by atoms with Crippen LogP contribution in [0.4, 0.5) is 13.2 Å². The lowest BCUT2D eigenvalue weighted by atomic mass is 9.98. The zero-order valence-electron chi connectivity index (χ0n) is 11.3. The van der Waals surface area contributed by atoms with Gasteiger partial charge in [-0.25, -0.2) is 0 Å². The van der Waals surface area contributed by atoms with E-state index in [1.807, 2.05) is 0 Å². The first-order valence-electron chi connectivity index (χ1n) is 6.46. The van der Waals surface area contributed by atoms with E-state index in [0.717, 1.165) is 20.1 Å². The number of nitrogens with zero attached hydrogens (tertiary/aromatic N) is 1. The second-order valence-electron chi connectivity index (χ2n) is 4.74. The number of nitrogens with one attached hydrogen (secondary N) is 1. The topological polar surface area (TPSA) is 58.6 Å². The maximum absolute atomic E-state index is 12.5. The summed E-state index contributed by atoms with van der Waals surface area (Å²) in [4.78, 5) is 23.8. The highest BCUT2D eigenvalue weighted by atomic mass is 19.4. The third-order valence-corrected chi connectivity index (χ3v) is 3.14. The molecule has 1 heterocycles. The summed E-state index contributed by atoms with van der Waals surface area (Å²) in [5, 5.41) is 2.99. The molecule has 0 saturated carbocycles. The molecule has 0 unspecified atom stereocenters. The Hall–Kier alpha value is -1.31. The van der Waals surface area contributed by atoms with Crippen LogP contribution in [-0.2, 0) is 14.3 Å². The van der Waals surface area contributed by atoms with E-state index in [1.165, 1.54) is 0 Å². The average Bonchev–Trinajstić information content (AvgIpc) is 2.42. The minimum atomic E-state index is -4.48. The van der Waals surface area contributed by atoms with Crippen LogP contribution in [0.5, 0.6) is 0 Å². The highest BCUT2D eigenvalue weighted by Crippen LogP contribution is 2.20. The van der Waals surface area contributed by atoms with Gasteiger partial charge in [0.2, 0.25) is 5.91 Å². The van der Waals surface area contributed by atoms with Crippen LogP contribution in [0.3, 0.4) is 0 Å². The second kappa shape index (κ2) is 7.47. The molecule has 1 saturated heterocycles. The van der Waals surface area contributed by atoms with Gasteiger partial charge < -0.3 is 15.0 Å². The van der Waals surface area contributed by atoms with E-state index < -0.39 is 30.5 Å². The molecule has 0 aromatic heterocycles. The van der Waals surface area contributed by atoms with Crippen molar-refractivity contribution in [1.82, 2.24) is 10.2 Å². The van der Waals surface area contributed by atoms with Crippen LogP contribution in [0, 0.1) is 5.92 Å². The summed E-state index contributed by atoms with van der Waals surface area (Å²) in [6.07, 6.45) is -3.39. The van der Waals surface area contributed by atoms with Crippen LogP contribution in [-0.4, -0.2) is 56.2 Å². The standard InChI is InChI=1S/C12H19F3N2O3/c1-20-10(18)4-6-17(8-12(13,14)15)11(19)9-3-2-5-16-7-9/h9,16H,2-8H2,1H3/t9-/m0/s1. The molecule has 20 heavy (non-hydrogen) atoms. The molecule has 1 fully saturated rings. The van der Waals surface area contributed by atoms with E-state index in [0.29, 0.717) is 17.9 Å². The van der Waals surface area contributed by atoms with Crippen molar-refractivity contribution in [2.24, 2.45) is 5.92 Å². The molecule has 116 valence electrons. The summed E-state index contributed by atoms with van der Waals surface area (Å²) >= 11 is 0. The smallest absolute Gasteiger partial charge is 0.406 e. The Labute approximate surface area is 115 Å². The average molecular weight is 296 g/mol. The Morgan fingerprint density at radius 1 is 1.40 bits per heavy atom. The van der Waals surface area contributed by atoms with Crippen LogP contribution >= 0.6 is 0 Å². The summed E-state index contributed by atoms with van der Waals surface area (Å²) in [5.41, 5.74) is 0. The van der Waals surface area contributed by atoms with Gasteiger partial charge >= 0.3 is 12.1 Å². The Morgan fingerprint density at radius 3 is 2.60 bits per heavy atom. The third-order valence-electron chi connectivity index (χ3n) is 3.14. The molecule has 0 aromatic carbocycles. The number of carbonyl (C=O) groups is 2. The molecule has 1 atom stereocenters. The van der Waals surface area contributed by atoms with Crippen molar-refractivity contribution in [2.75, 3.05) is 33.3 Å². The van der Waals surface area contributed by atoms with Crippen molar-refractivity contribution < 1.29 is 27.5 Å². The van der Waals surface area contributed by atoms with Gasteiger partial charge in [0, 0.05) is 13.1 Å². The van der Waals surface area contributed by atoms with E-state index in [2.05, 4.69) is 10.1 Å². The van der Waals surface area contributed by atoms with Crippen LogP contribution in [0.1, 0.15) is 19.3 Å². The number of alkyl halides is 3. The maximum Gasteiger partial charge on any atom is 0.406 e. The monoisotopic (exact) mass is 296 g/mol. The summed E-state index contributed by atoms with van der Waals surface area (Å²) in [5.74, 6) is -1.64. The Morgan fingerprint density at radius 2 is 2.10 bits per heavy atom. The number of halogens is 3. The Balaban J connectivity index is 2.64. The van der Waals surface area contributed by atoms with Gasteiger partial charge in [-0.1, -0.05) is 0 Å². The molecule has 0 aliphatic carbocycles. The number of hydrogen-bond donors (Lipinski definition) is 1. The number of piperidine rings is 1.